The number of hydrogen-bond donors (Lipinski definition) is 1. The largest absolute Gasteiger partial charge is 0.309 e. The van der Waals surface area contributed by atoms with Crippen LogP contribution in [-0.4, -0.2) is 21.9 Å². The Hall–Kier alpha value is -2.49. The Morgan fingerprint density at radius 1 is 1.36 bits per heavy atom. The zero-order valence-corrected chi connectivity index (χ0v) is 12.9. The fourth-order valence-corrected chi connectivity index (χ4v) is 3.13. The van der Waals surface area contributed by atoms with Gasteiger partial charge < -0.3 is 4.98 Å². The minimum atomic E-state index is -0.0962. The van der Waals surface area contributed by atoms with E-state index in [9.17, 15) is 4.79 Å². The molecular weight excluding hydrogens is 296 g/mol. The fourth-order valence-electron chi connectivity index (χ4n) is 2.35. The first-order chi connectivity index (χ1) is 10.7. The number of H-pyrrole nitrogens is 1. The molecule has 0 aliphatic rings. The maximum atomic E-state index is 11.9. The van der Waals surface area contributed by atoms with Gasteiger partial charge in [-0.05, 0) is 36.2 Å². The number of fused-ring (bicyclic) bond motifs is 1. The summed E-state index contributed by atoms with van der Waals surface area (Å²) in [4.78, 5) is 22.1. The van der Waals surface area contributed by atoms with Crippen molar-refractivity contribution in [2.45, 2.75) is 13.1 Å². The minimum absolute atomic E-state index is 0.0962. The number of nitrogens with zero attached hydrogens (tertiary/aromatic N) is 3. The first-order valence-electron chi connectivity index (χ1n) is 6.79. The van der Waals surface area contributed by atoms with E-state index in [0.717, 1.165) is 10.4 Å². The molecule has 2 heterocycles. The molecule has 0 atom stereocenters. The molecule has 0 spiro atoms. The summed E-state index contributed by atoms with van der Waals surface area (Å²) < 4.78 is 0. The Bertz CT molecular complexity index is 906. The van der Waals surface area contributed by atoms with Crippen LogP contribution in [0.2, 0.25) is 0 Å². The monoisotopic (exact) mass is 310 g/mol. The van der Waals surface area contributed by atoms with Crippen molar-refractivity contribution < 1.29 is 0 Å². The van der Waals surface area contributed by atoms with Crippen LogP contribution < -0.4 is 5.56 Å². The second-order valence-corrected chi connectivity index (χ2v) is 6.03. The molecule has 1 N–H and O–H groups in total. The van der Waals surface area contributed by atoms with Crippen molar-refractivity contribution in [1.82, 2.24) is 14.9 Å². The van der Waals surface area contributed by atoms with Crippen LogP contribution in [0.3, 0.4) is 0 Å². The van der Waals surface area contributed by atoms with Crippen molar-refractivity contribution in [3.63, 3.8) is 0 Å². The number of aromatic nitrogens is 2. The molecule has 0 bridgehead atoms. The van der Waals surface area contributed by atoms with Crippen LogP contribution in [-0.2, 0) is 13.1 Å². The third-order valence-electron chi connectivity index (χ3n) is 3.31. The number of aromatic amines is 1. The number of nitrogens with one attached hydrogen (secondary N) is 1. The fraction of sp³-hybridized carbons (Fsp3) is 0.188. The number of rotatable bonds is 4. The molecule has 0 aliphatic carbocycles. The normalized spacial score (nSPS) is 11.0. The Morgan fingerprint density at radius 2 is 2.23 bits per heavy atom. The Morgan fingerprint density at radius 3 is 3.05 bits per heavy atom. The SMILES string of the molecule is CN(Cc1cccc(C#N)c1)Cc1nc2sccc2c(=O)[nH]1. The van der Waals surface area contributed by atoms with Crippen LogP contribution in [0, 0.1) is 11.3 Å². The van der Waals surface area contributed by atoms with E-state index in [0.29, 0.717) is 29.9 Å². The summed E-state index contributed by atoms with van der Waals surface area (Å²) in [6.45, 7) is 1.22. The standard InChI is InChI=1S/C16H14N4OS/c1-20(9-12-4-2-3-11(7-12)8-17)10-14-18-15(21)13-5-6-22-16(13)19-14/h2-7H,9-10H2,1H3,(H,18,19,21). The highest BCUT2D eigenvalue weighted by atomic mass is 32.1. The van der Waals surface area contributed by atoms with Crippen LogP contribution >= 0.6 is 11.3 Å². The Labute approximate surface area is 131 Å². The molecule has 0 saturated carbocycles. The molecule has 110 valence electrons. The molecule has 22 heavy (non-hydrogen) atoms. The Balaban J connectivity index is 1.76. The lowest BCUT2D eigenvalue weighted by Gasteiger charge is -2.16. The number of hydrogen-bond acceptors (Lipinski definition) is 5. The molecule has 0 aliphatic heterocycles. The maximum absolute atomic E-state index is 11.9. The highest BCUT2D eigenvalue weighted by molar-refractivity contribution is 7.16. The molecule has 0 radical (unpaired) electrons. The van der Waals surface area contributed by atoms with Crippen molar-refractivity contribution in [2.75, 3.05) is 7.05 Å². The van der Waals surface area contributed by atoms with Crippen molar-refractivity contribution in [1.29, 1.82) is 5.26 Å². The van der Waals surface area contributed by atoms with E-state index >= 15 is 0 Å². The number of nitriles is 1. The molecular formula is C16H14N4OS. The summed E-state index contributed by atoms with van der Waals surface area (Å²) in [6.07, 6.45) is 0. The van der Waals surface area contributed by atoms with Gasteiger partial charge in [0, 0.05) is 6.54 Å². The third kappa shape index (κ3) is 3.06. The molecule has 0 saturated heterocycles. The zero-order valence-electron chi connectivity index (χ0n) is 12.0. The number of thiophene rings is 1. The highest BCUT2D eigenvalue weighted by Gasteiger charge is 2.08. The first-order valence-corrected chi connectivity index (χ1v) is 7.67. The van der Waals surface area contributed by atoms with Gasteiger partial charge in [-0.3, -0.25) is 9.69 Å². The summed E-state index contributed by atoms with van der Waals surface area (Å²) in [5, 5.41) is 11.4. The van der Waals surface area contributed by atoms with E-state index in [4.69, 9.17) is 5.26 Å². The van der Waals surface area contributed by atoms with Crippen LogP contribution in [0.25, 0.3) is 10.2 Å². The van der Waals surface area contributed by atoms with E-state index < -0.39 is 0 Å². The van der Waals surface area contributed by atoms with Gasteiger partial charge >= 0.3 is 0 Å². The molecule has 1 aromatic carbocycles. The van der Waals surface area contributed by atoms with E-state index in [1.807, 2.05) is 35.5 Å². The van der Waals surface area contributed by atoms with Gasteiger partial charge in [0.05, 0.1) is 23.6 Å². The third-order valence-corrected chi connectivity index (χ3v) is 4.12. The van der Waals surface area contributed by atoms with Gasteiger partial charge in [0.1, 0.15) is 10.7 Å². The molecule has 5 nitrogen and oxygen atoms in total. The van der Waals surface area contributed by atoms with Gasteiger partial charge in [0.25, 0.3) is 5.56 Å². The zero-order chi connectivity index (χ0) is 15.5. The molecule has 6 heteroatoms. The topological polar surface area (TPSA) is 72.8 Å². The lowest BCUT2D eigenvalue weighted by atomic mass is 10.1. The van der Waals surface area contributed by atoms with Gasteiger partial charge in [-0.15, -0.1) is 11.3 Å². The second kappa shape index (κ2) is 6.10. The lowest BCUT2D eigenvalue weighted by molar-refractivity contribution is 0.311. The lowest BCUT2D eigenvalue weighted by Crippen LogP contribution is -2.21. The van der Waals surface area contributed by atoms with Gasteiger partial charge in [0.2, 0.25) is 0 Å². The molecule has 0 unspecified atom stereocenters. The van der Waals surface area contributed by atoms with Crippen LogP contribution in [0.4, 0.5) is 0 Å². The quantitative estimate of drug-likeness (QED) is 0.803. The molecule has 0 fully saturated rings. The molecule has 3 aromatic rings. The van der Waals surface area contributed by atoms with E-state index in [1.165, 1.54) is 11.3 Å². The van der Waals surface area contributed by atoms with Crippen molar-refractivity contribution in [3.05, 3.63) is 63.0 Å². The van der Waals surface area contributed by atoms with Crippen molar-refractivity contribution in [3.8, 4) is 6.07 Å². The van der Waals surface area contributed by atoms with Crippen molar-refractivity contribution >= 4 is 21.6 Å². The first kappa shape index (κ1) is 14.4. The maximum Gasteiger partial charge on any atom is 0.259 e. The van der Waals surface area contributed by atoms with Crippen LogP contribution in [0.1, 0.15) is 17.0 Å². The van der Waals surface area contributed by atoms with Gasteiger partial charge in [-0.2, -0.15) is 5.26 Å². The van der Waals surface area contributed by atoms with E-state index in [2.05, 4.69) is 16.0 Å². The van der Waals surface area contributed by atoms with Crippen LogP contribution in [0.15, 0.2) is 40.5 Å². The van der Waals surface area contributed by atoms with Gasteiger partial charge in [0.15, 0.2) is 0 Å². The van der Waals surface area contributed by atoms with Gasteiger partial charge in [-0.1, -0.05) is 12.1 Å². The molecule has 2 aromatic heterocycles. The molecule has 3 rings (SSSR count). The van der Waals surface area contributed by atoms with E-state index in [-0.39, 0.29) is 5.56 Å². The smallest absolute Gasteiger partial charge is 0.259 e. The summed E-state index contributed by atoms with van der Waals surface area (Å²) in [5.41, 5.74) is 1.61. The molecule has 0 amide bonds. The predicted molar refractivity (Wildman–Crippen MR) is 86.6 cm³/mol. The van der Waals surface area contributed by atoms with E-state index in [1.54, 1.807) is 12.1 Å². The summed E-state index contributed by atoms with van der Waals surface area (Å²) in [6, 6.07) is 11.4. The summed E-state index contributed by atoms with van der Waals surface area (Å²) >= 11 is 1.47. The van der Waals surface area contributed by atoms with Gasteiger partial charge in [-0.25, -0.2) is 4.98 Å². The summed E-state index contributed by atoms with van der Waals surface area (Å²) in [5.74, 6) is 0.652. The van der Waals surface area contributed by atoms with Crippen molar-refractivity contribution in [2.24, 2.45) is 0 Å². The minimum Gasteiger partial charge on any atom is -0.309 e. The average molecular weight is 310 g/mol. The Kier molecular flexibility index (Phi) is 4.00. The summed E-state index contributed by atoms with van der Waals surface area (Å²) in [7, 11) is 1.96. The highest BCUT2D eigenvalue weighted by Crippen LogP contribution is 2.15. The second-order valence-electron chi connectivity index (χ2n) is 5.14. The average Bonchev–Trinajstić information content (AvgIpc) is 2.96. The predicted octanol–water partition coefficient (Wildman–Crippen LogP) is 2.49. The number of benzene rings is 1. The van der Waals surface area contributed by atoms with Crippen LogP contribution in [0.5, 0.6) is 0 Å².